The van der Waals surface area contributed by atoms with Gasteiger partial charge in [-0.05, 0) is 17.7 Å². The van der Waals surface area contributed by atoms with E-state index in [-0.39, 0.29) is 18.2 Å². The molecule has 0 amide bonds. The number of benzene rings is 1. The number of hydrogen-bond acceptors (Lipinski definition) is 4. The Morgan fingerprint density at radius 1 is 1.20 bits per heavy atom. The van der Waals surface area contributed by atoms with Gasteiger partial charge in [-0.15, -0.1) is 22.6 Å². The number of rotatable bonds is 2. The lowest BCUT2D eigenvalue weighted by atomic mass is 10.2. The van der Waals surface area contributed by atoms with Crippen molar-refractivity contribution in [3.8, 4) is 0 Å². The van der Waals surface area contributed by atoms with Crippen LogP contribution in [-0.2, 0) is 6.42 Å². The quantitative estimate of drug-likeness (QED) is 0.883. The predicted molar refractivity (Wildman–Crippen MR) is 60.8 cm³/mol. The van der Waals surface area contributed by atoms with Crippen LogP contribution >= 0.6 is 23.7 Å². The van der Waals surface area contributed by atoms with Crippen LogP contribution in [0.25, 0.3) is 0 Å². The molecule has 0 saturated heterocycles. The van der Waals surface area contributed by atoms with E-state index in [0.29, 0.717) is 11.6 Å². The molecule has 0 radical (unpaired) electrons. The maximum Gasteiger partial charge on any atom is 0.203 e. The van der Waals surface area contributed by atoms with E-state index in [0.717, 1.165) is 10.6 Å². The molecule has 15 heavy (non-hydrogen) atoms. The lowest BCUT2D eigenvalue weighted by molar-refractivity contribution is 0.627. The standard InChI is InChI=1S/C9H8FN3S.ClH/c10-7-3-1-6(2-4-7)5-8-12-13-9(11)14-8;/h1-4H,5H2,(H2,11,13);1H. The number of aromatic nitrogens is 2. The molecule has 1 heterocycles. The summed E-state index contributed by atoms with van der Waals surface area (Å²) < 4.78 is 12.6. The Labute approximate surface area is 96.6 Å². The van der Waals surface area contributed by atoms with Crippen LogP contribution in [-0.4, -0.2) is 10.2 Å². The van der Waals surface area contributed by atoms with Gasteiger partial charge in [-0.1, -0.05) is 23.5 Å². The van der Waals surface area contributed by atoms with Crippen molar-refractivity contribution < 1.29 is 4.39 Å². The van der Waals surface area contributed by atoms with E-state index in [1.807, 2.05) is 0 Å². The molecule has 2 rings (SSSR count). The van der Waals surface area contributed by atoms with Crippen LogP contribution in [0.3, 0.4) is 0 Å². The van der Waals surface area contributed by atoms with Gasteiger partial charge in [0.25, 0.3) is 0 Å². The molecule has 6 heteroatoms. The minimum absolute atomic E-state index is 0. The summed E-state index contributed by atoms with van der Waals surface area (Å²) in [6.45, 7) is 0. The molecule has 0 aliphatic carbocycles. The van der Waals surface area contributed by atoms with Crippen LogP contribution in [0.1, 0.15) is 10.6 Å². The third kappa shape index (κ3) is 3.14. The second kappa shape index (κ2) is 5.04. The maximum absolute atomic E-state index is 12.6. The van der Waals surface area contributed by atoms with Gasteiger partial charge in [0.15, 0.2) is 0 Å². The van der Waals surface area contributed by atoms with Crippen LogP contribution in [0.2, 0.25) is 0 Å². The monoisotopic (exact) mass is 245 g/mol. The molecule has 0 spiro atoms. The second-order valence-corrected chi connectivity index (χ2v) is 3.93. The first kappa shape index (κ1) is 11.9. The Balaban J connectivity index is 0.00000112. The predicted octanol–water partition coefficient (Wildman–Crippen LogP) is 2.27. The van der Waals surface area contributed by atoms with Crippen LogP contribution in [0.4, 0.5) is 9.52 Å². The molecule has 0 aliphatic rings. The molecule has 1 aromatic heterocycles. The SMILES string of the molecule is Cl.Nc1nnc(Cc2ccc(F)cc2)s1. The summed E-state index contributed by atoms with van der Waals surface area (Å²) in [6.07, 6.45) is 0.648. The fourth-order valence-corrected chi connectivity index (χ4v) is 1.76. The van der Waals surface area contributed by atoms with Gasteiger partial charge in [-0.25, -0.2) is 4.39 Å². The van der Waals surface area contributed by atoms with Crippen molar-refractivity contribution in [3.63, 3.8) is 0 Å². The molecular weight excluding hydrogens is 237 g/mol. The summed E-state index contributed by atoms with van der Waals surface area (Å²) in [5.74, 6) is -0.231. The van der Waals surface area contributed by atoms with Crippen LogP contribution < -0.4 is 5.73 Å². The highest BCUT2D eigenvalue weighted by atomic mass is 35.5. The summed E-state index contributed by atoms with van der Waals surface area (Å²) in [6, 6.07) is 6.32. The van der Waals surface area contributed by atoms with Gasteiger partial charge < -0.3 is 5.73 Å². The number of nitrogens with zero attached hydrogens (tertiary/aromatic N) is 2. The molecule has 2 N–H and O–H groups in total. The number of hydrogen-bond donors (Lipinski definition) is 1. The summed E-state index contributed by atoms with van der Waals surface area (Å²) in [5, 5.41) is 8.89. The van der Waals surface area contributed by atoms with Gasteiger partial charge in [0.1, 0.15) is 10.8 Å². The van der Waals surface area contributed by atoms with Crippen LogP contribution in [0.5, 0.6) is 0 Å². The summed E-state index contributed by atoms with van der Waals surface area (Å²) in [5.41, 5.74) is 6.44. The van der Waals surface area contributed by atoms with Crippen molar-refractivity contribution in [3.05, 3.63) is 40.7 Å². The minimum Gasteiger partial charge on any atom is -0.374 e. The zero-order chi connectivity index (χ0) is 9.97. The van der Waals surface area contributed by atoms with Crippen molar-refractivity contribution in [1.29, 1.82) is 0 Å². The van der Waals surface area contributed by atoms with E-state index in [2.05, 4.69) is 10.2 Å². The van der Waals surface area contributed by atoms with Gasteiger partial charge in [-0.3, -0.25) is 0 Å². The van der Waals surface area contributed by atoms with Gasteiger partial charge >= 0.3 is 0 Å². The average molecular weight is 246 g/mol. The van der Waals surface area contributed by atoms with E-state index in [1.165, 1.54) is 23.5 Å². The Kier molecular flexibility index (Phi) is 3.99. The first-order chi connectivity index (χ1) is 6.74. The smallest absolute Gasteiger partial charge is 0.203 e. The third-order valence-corrected chi connectivity index (χ3v) is 2.50. The number of nitrogens with two attached hydrogens (primary N) is 1. The van der Waals surface area contributed by atoms with E-state index in [1.54, 1.807) is 12.1 Å². The fraction of sp³-hybridized carbons (Fsp3) is 0.111. The van der Waals surface area contributed by atoms with Gasteiger partial charge in [0, 0.05) is 6.42 Å². The Bertz CT molecular complexity index is 429. The number of halogens is 2. The van der Waals surface area contributed by atoms with Gasteiger partial charge in [0.05, 0.1) is 0 Å². The van der Waals surface area contributed by atoms with Crippen molar-refractivity contribution >= 4 is 28.9 Å². The molecule has 3 nitrogen and oxygen atoms in total. The largest absolute Gasteiger partial charge is 0.374 e. The number of nitrogen functional groups attached to an aromatic ring is 1. The molecule has 0 aliphatic heterocycles. The Morgan fingerprint density at radius 3 is 2.40 bits per heavy atom. The molecule has 0 saturated carbocycles. The normalized spacial score (nSPS) is 9.67. The van der Waals surface area contributed by atoms with Gasteiger partial charge in [0.2, 0.25) is 5.13 Å². The zero-order valence-corrected chi connectivity index (χ0v) is 9.32. The van der Waals surface area contributed by atoms with Crippen LogP contribution in [0, 0.1) is 5.82 Å². The Morgan fingerprint density at radius 2 is 1.87 bits per heavy atom. The van der Waals surface area contributed by atoms with Crippen molar-refractivity contribution in [1.82, 2.24) is 10.2 Å². The molecule has 1 aromatic carbocycles. The molecule has 0 bridgehead atoms. The highest BCUT2D eigenvalue weighted by molar-refractivity contribution is 7.15. The summed E-state index contributed by atoms with van der Waals surface area (Å²) in [7, 11) is 0. The van der Waals surface area contributed by atoms with Crippen molar-refractivity contribution in [2.24, 2.45) is 0 Å². The van der Waals surface area contributed by atoms with E-state index >= 15 is 0 Å². The lowest BCUT2D eigenvalue weighted by Gasteiger charge is -1.95. The Hall–Kier alpha value is -1.20. The second-order valence-electron chi connectivity index (χ2n) is 2.84. The van der Waals surface area contributed by atoms with Crippen LogP contribution in [0.15, 0.2) is 24.3 Å². The third-order valence-electron chi connectivity index (χ3n) is 1.75. The first-order valence-corrected chi connectivity index (χ1v) is 4.88. The highest BCUT2D eigenvalue weighted by Gasteiger charge is 2.02. The van der Waals surface area contributed by atoms with E-state index in [9.17, 15) is 4.39 Å². The highest BCUT2D eigenvalue weighted by Crippen LogP contribution is 2.15. The molecule has 80 valence electrons. The topological polar surface area (TPSA) is 51.8 Å². The molecule has 2 aromatic rings. The van der Waals surface area contributed by atoms with Crippen molar-refractivity contribution in [2.45, 2.75) is 6.42 Å². The minimum atomic E-state index is -0.231. The first-order valence-electron chi connectivity index (χ1n) is 4.06. The van der Waals surface area contributed by atoms with Crippen molar-refractivity contribution in [2.75, 3.05) is 5.73 Å². The lowest BCUT2D eigenvalue weighted by Crippen LogP contribution is -1.87. The van der Waals surface area contributed by atoms with Gasteiger partial charge in [-0.2, -0.15) is 0 Å². The molecule has 0 unspecified atom stereocenters. The average Bonchev–Trinajstić information content (AvgIpc) is 2.56. The molecule has 0 fully saturated rings. The maximum atomic E-state index is 12.6. The zero-order valence-electron chi connectivity index (χ0n) is 7.68. The van der Waals surface area contributed by atoms with E-state index < -0.39 is 0 Å². The summed E-state index contributed by atoms with van der Waals surface area (Å²) in [4.78, 5) is 0. The van der Waals surface area contributed by atoms with E-state index in [4.69, 9.17) is 5.73 Å². The summed E-state index contributed by atoms with van der Waals surface area (Å²) >= 11 is 1.35. The number of anilines is 1. The molecular formula is C9H9ClFN3S. The molecule has 0 atom stereocenters. The fourth-order valence-electron chi connectivity index (χ4n) is 1.11.